The van der Waals surface area contributed by atoms with E-state index in [0.717, 1.165) is 53.9 Å². The molecule has 0 spiro atoms. The molecule has 1 saturated heterocycles. The van der Waals surface area contributed by atoms with E-state index in [1.165, 1.54) is 5.56 Å². The van der Waals surface area contributed by atoms with Crippen LogP contribution in [-0.2, 0) is 4.74 Å². The van der Waals surface area contributed by atoms with Crippen molar-refractivity contribution in [2.45, 2.75) is 13.8 Å². The fraction of sp³-hybridized carbons (Fsp3) is 0.375. The summed E-state index contributed by atoms with van der Waals surface area (Å²) in [6.07, 6.45) is 0. The van der Waals surface area contributed by atoms with Gasteiger partial charge in [-0.3, -0.25) is 0 Å². The first-order valence-corrected chi connectivity index (χ1v) is 8.13. The summed E-state index contributed by atoms with van der Waals surface area (Å²) in [5, 5.41) is 3.36. The minimum absolute atomic E-state index is 0.728. The van der Waals surface area contributed by atoms with Gasteiger partial charge in [0.2, 0.25) is 5.95 Å². The molecule has 1 aliphatic heterocycles. The van der Waals surface area contributed by atoms with Gasteiger partial charge in [-0.15, -0.1) is 0 Å². The molecule has 1 aliphatic rings. The number of morpholine rings is 1. The Balaban J connectivity index is 1.83. The molecule has 0 saturated carbocycles. The molecule has 22 heavy (non-hydrogen) atoms. The number of nitrogens with one attached hydrogen (secondary N) is 1. The minimum Gasteiger partial charge on any atom is -0.378 e. The molecule has 1 N–H and O–H groups in total. The van der Waals surface area contributed by atoms with Crippen molar-refractivity contribution >= 4 is 33.4 Å². The van der Waals surface area contributed by atoms with Gasteiger partial charge in [-0.05, 0) is 37.6 Å². The molecule has 5 nitrogen and oxygen atoms in total. The number of benzene rings is 1. The van der Waals surface area contributed by atoms with Crippen LogP contribution in [-0.4, -0.2) is 36.3 Å². The highest BCUT2D eigenvalue weighted by atomic mass is 79.9. The Hall–Kier alpha value is -1.66. The minimum atomic E-state index is 0.728. The van der Waals surface area contributed by atoms with E-state index < -0.39 is 0 Å². The van der Waals surface area contributed by atoms with Gasteiger partial charge >= 0.3 is 0 Å². The highest BCUT2D eigenvalue weighted by Crippen LogP contribution is 2.23. The first-order valence-electron chi connectivity index (χ1n) is 7.33. The molecule has 116 valence electrons. The van der Waals surface area contributed by atoms with E-state index in [2.05, 4.69) is 49.1 Å². The molecular weight excluding hydrogens is 344 g/mol. The number of halogens is 1. The molecule has 0 unspecified atom stereocenters. The Kier molecular flexibility index (Phi) is 4.59. The maximum atomic E-state index is 5.38. The Bertz CT molecular complexity index is 671. The zero-order chi connectivity index (χ0) is 15.5. The molecular formula is C16H19BrN4O. The van der Waals surface area contributed by atoms with Gasteiger partial charge in [0.25, 0.3) is 0 Å². The summed E-state index contributed by atoms with van der Waals surface area (Å²) in [5.74, 6) is 1.58. The Labute approximate surface area is 138 Å². The summed E-state index contributed by atoms with van der Waals surface area (Å²) in [5.41, 5.74) is 3.16. The van der Waals surface area contributed by atoms with Crippen molar-refractivity contribution in [2.75, 3.05) is 36.5 Å². The fourth-order valence-corrected chi connectivity index (χ4v) is 2.64. The second-order valence-electron chi connectivity index (χ2n) is 5.38. The normalized spacial score (nSPS) is 15.0. The number of nitrogens with zero attached hydrogens (tertiary/aromatic N) is 3. The summed E-state index contributed by atoms with van der Waals surface area (Å²) in [6, 6.07) is 8.12. The van der Waals surface area contributed by atoms with Gasteiger partial charge in [0.15, 0.2) is 0 Å². The van der Waals surface area contributed by atoms with Crippen LogP contribution in [0, 0.1) is 13.8 Å². The SMILES string of the molecule is Cc1cc(Nc2ccc(Br)c(C)c2)nc(N2CCOCC2)n1. The zero-order valence-electron chi connectivity index (χ0n) is 12.8. The number of hydrogen-bond acceptors (Lipinski definition) is 5. The Morgan fingerprint density at radius 2 is 1.91 bits per heavy atom. The summed E-state index contributed by atoms with van der Waals surface area (Å²) in [4.78, 5) is 11.3. The highest BCUT2D eigenvalue weighted by molar-refractivity contribution is 9.10. The van der Waals surface area contributed by atoms with E-state index >= 15 is 0 Å². The van der Waals surface area contributed by atoms with Gasteiger partial charge in [-0.2, -0.15) is 4.98 Å². The largest absolute Gasteiger partial charge is 0.378 e. The number of aromatic nitrogens is 2. The van der Waals surface area contributed by atoms with Crippen LogP contribution in [0.15, 0.2) is 28.7 Å². The van der Waals surface area contributed by atoms with Crippen LogP contribution < -0.4 is 10.2 Å². The summed E-state index contributed by atoms with van der Waals surface area (Å²) in [7, 11) is 0. The molecule has 0 atom stereocenters. The van der Waals surface area contributed by atoms with E-state index in [-0.39, 0.29) is 0 Å². The number of rotatable bonds is 3. The second kappa shape index (κ2) is 6.62. The summed E-state index contributed by atoms with van der Waals surface area (Å²) >= 11 is 3.52. The van der Waals surface area contributed by atoms with Crippen LogP contribution in [0.1, 0.15) is 11.3 Å². The lowest BCUT2D eigenvalue weighted by atomic mass is 10.2. The van der Waals surface area contributed by atoms with Crippen LogP contribution in [0.5, 0.6) is 0 Å². The molecule has 2 aromatic rings. The fourth-order valence-electron chi connectivity index (χ4n) is 2.39. The third-order valence-corrected chi connectivity index (χ3v) is 4.46. The van der Waals surface area contributed by atoms with Gasteiger partial charge < -0.3 is 15.0 Å². The molecule has 0 aliphatic carbocycles. The van der Waals surface area contributed by atoms with Crippen molar-refractivity contribution in [3.63, 3.8) is 0 Å². The van der Waals surface area contributed by atoms with Gasteiger partial charge in [0.05, 0.1) is 13.2 Å². The van der Waals surface area contributed by atoms with Crippen molar-refractivity contribution in [3.05, 3.63) is 40.0 Å². The van der Waals surface area contributed by atoms with Gasteiger partial charge in [0.1, 0.15) is 5.82 Å². The van der Waals surface area contributed by atoms with Crippen molar-refractivity contribution in [1.29, 1.82) is 0 Å². The van der Waals surface area contributed by atoms with Crippen molar-refractivity contribution < 1.29 is 4.74 Å². The Morgan fingerprint density at radius 1 is 1.14 bits per heavy atom. The number of hydrogen-bond donors (Lipinski definition) is 1. The highest BCUT2D eigenvalue weighted by Gasteiger charge is 2.15. The van der Waals surface area contributed by atoms with E-state index in [9.17, 15) is 0 Å². The van der Waals surface area contributed by atoms with E-state index in [0.29, 0.717) is 0 Å². The molecule has 2 heterocycles. The van der Waals surface area contributed by atoms with Gasteiger partial charge in [0, 0.05) is 35.0 Å². The maximum absolute atomic E-state index is 5.38. The topological polar surface area (TPSA) is 50.3 Å². The van der Waals surface area contributed by atoms with Crippen LogP contribution in [0.4, 0.5) is 17.5 Å². The van der Waals surface area contributed by atoms with Crippen molar-refractivity contribution in [3.8, 4) is 0 Å². The van der Waals surface area contributed by atoms with Gasteiger partial charge in [-0.25, -0.2) is 4.98 Å². The van der Waals surface area contributed by atoms with Crippen LogP contribution in [0.2, 0.25) is 0 Å². The predicted octanol–water partition coefficient (Wildman–Crippen LogP) is 3.44. The molecule has 1 fully saturated rings. The van der Waals surface area contributed by atoms with Crippen molar-refractivity contribution in [1.82, 2.24) is 9.97 Å². The predicted molar refractivity (Wildman–Crippen MR) is 92.0 cm³/mol. The number of aryl methyl sites for hydroxylation is 2. The van der Waals surface area contributed by atoms with Gasteiger partial charge in [-0.1, -0.05) is 15.9 Å². The maximum Gasteiger partial charge on any atom is 0.227 e. The molecule has 1 aromatic heterocycles. The van der Waals surface area contributed by atoms with Crippen LogP contribution in [0.25, 0.3) is 0 Å². The van der Waals surface area contributed by atoms with E-state index in [4.69, 9.17) is 4.74 Å². The first kappa shape index (κ1) is 15.2. The first-order chi connectivity index (χ1) is 10.6. The molecule has 0 amide bonds. The number of ether oxygens (including phenoxy) is 1. The third kappa shape index (κ3) is 3.56. The molecule has 0 radical (unpaired) electrons. The smallest absolute Gasteiger partial charge is 0.227 e. The molecule has 3 rings (SSSR count). The average molecular weight is 363 g/mol. The molecule has 6 heteroatoms. The van der Waals surface area contributed by atoms with Crippen molar-refractivity contribution in [2.24, 2.45) is 0 Å². The summed E-state index contributed by atoms with van der Waals surface area (Å²) < 4.78 is 6.49. The lowest BCUT2D eigenvalue weighted by molar-refractivity contribution is 0.122. The molecule has 0 bridgehead atoms. The zero-order valence-corrected chi connectivity index (χ0v) is 14.4. The quantitative estimate of drug-likeness (QED) is 0.906. The monoisotopic (exact) mass is 362 g/mol. The lowest BCUT2D eigenvalue weighted by Crippen LogP contribution is -2.37. The molecule has 1 aromatic carbocycles. The average Bonchev–Trinajstić information content (AvgIpc) is 2.51. The third-order valence-electron chi connectivity index (χ3n) is 3.57. The summed E-state index contributed by atoms with van der Waals surface area (Å²) in [6.45, 7) is 7.18. The standard InChI is InChI=1S/C16H19BrN4O/c1-11-9-13(3-4-14(11)17)19-15-10-12(2)18-16(20-15)21-5-7-22-8-6-21/h3-4,9-10H,5-8H2,1-2H3,(H,18,19,20). The van der Waals surface area contributed by atoms with Crippen LogP contribution in [0.3, 0.4) is 0 Å². The lowest BCUT2D eigenvalue weighted by Gasteiger charge is -2.27. The van der Waals surface area contributed by atoms with Crippen LogP contribution >= 0.6 is 15.9 Å². The van der Waals surface area contributed by atoms with E-state index in [1.807, 2.05) is 25.1 Å². The number of anilines is 3. The van der Waals surface area contributed by atoms with E-state index in [1.54, 1.807) is 0 Å². The second-order valence-corrected chi connectivity index (χ2v) is 6.24. The Morgan fingerprint density at radius 3 is 2.64 bits per heavy atom.